The highest BCUT2D eigenvalue weighted by molar-refractivity contribution is 7.90. The van der Waals surface area contributed by atoms with E-state index in [1.165, 1.54) is 6.26 Å². The van der Waals surface area contributed by atoms with E-state index in [1.54, 1.807) is 24.3 Å². The van der Waals surface area contributed by atoms with E-state index in [9.17, 15) is 13.2 Å². The molecule has 0 heterocycles. The van der Waals surface area contributed by atoms with Gasteiger partial charge in [0.1, 0.15) is 0 Å². The molecular formula is C15H24N2O3S. The summed E-state index contributed by atoms with van der Waals surface area (Å²) in [4.78, 5) is 11.9. The van der Waals surface area contributed by atoms with Crippen molar-refractivity contribution in [3.8, 4) is 0 Å². The third-order valence-corrected chi connectivity index (χ3v) is 4.33. The average molecular weight is 312 g/mol. The van der Waals surface area contributed by atoms with Gasteiger partial charge in [0.25, 0.3) is 0 Å². The summed E-state index contributed by atoms with van der Waals surface area (Å²) in [6.07, 6.45) is 5.66. The van der Waals surface area contributed by atoms with Crippen LogP contribution in [-0.4, -0.2) is 27.1 Å². The highest BCUT2D eigenvalue weighted by Crippen LogP contribution is 2.10. The molecule has 3 N–H and O–H groups in total. The minimum atomic E-state index is -3.17. The molecule has 0 fully saturated rings. The maximum Gasteiger partial charge on any atom is 0.220 e. The lowest BCUT2D eigenvalue weighted by atomic mass is 10.1. The Morgan fingerprint density at radius 1 is 1.10 bits per heavy atom. The molecule has 5 nitrogen and oxygen atoms in total. The van der Waals surface area contributed by atoms with Gasteiger partial charge >= 0.3 is 0 Å². The summed E-state index contributed by atoms with van der Waals surface area (Å²) in [6, 6.07) is 6.56. The molecule has 0 aromatic heterocycles. The number of benzene rings is 1. The Kier molecular flexibility index (Phi) is 7.39. The number of hydrogen-bond donors (Lipinski definition) is 2. The van der Waals surface area contributed by atoms with Crippen LogP contribution < -0.4 is 11.1 Å². The zero-order valence-corrected chi connectivity index (χ0v) is 13.3. The van der Waals surface area contributed by atoms with Crippen molar-refractivity contribution in [2.45, 2.75) is 43.5 Å². The Morgan fingerprint density at radius 3 is 2.29 bits per heavy atom. The van der Waals surface area contributed by atoms with Crippen LogP contribution in [0.1, 0.15) is 37.7 Å². The molecule has 0 aliphatic rings. The van der Waals surface area contributed by atoms with Gasteiger partial charge in [0.05, 0.1) is 4.90 Å². The second-order valence-electron chi connectivity index (χ2n) is 5.15. The third-order valence-electron chi connectivity index (χ3n) is 3.20. The van der Waals surface area contributed by atoms with E-state index in [2.05, 4.69) is 5.32 Å². The van der Waals surface area contributed by atoms with E-state index < -0.39 is 9.84 Å². The van der Waals surface area contributed by atoms with Crippen molar-refractivity contribution in [2.75, 3.05) is 12.8 Å². The summed E-state index contributed by atoms with van der Waals surface area (Å²) in [7, 11) is -3.17. The molecule has 0 saturated heterocycles. The van der Waals surface area contributed by atoms with Crippen LogP contribution >= 0.6 is 0 Å². The predicted octanol–water partition coefficient (Wildman–Crippen LogP) is 1.62. The van der Waals surface area contributed by atoms with Crippen molar-refractivity contribution < 1.29 is 13.2 Å². The van der Waals surface area contributed by atoms with Crippen LogP contribution in [0.4, 0.5) is 0 Å². The van der Waals surface area contributed by atoms with Crippen molar-refractivity contribution in [3.63, 3.8) is 0 Å². The Balaban J connectivity index is 2.30. The van der Waals surface area contributed by atoms with Gasteiger partial charge in [-0.15, -0.1) is 0 Å². The summed E-state index contributed by atoms with van der Waals surface area (Å²) in [6.45, 7) is 1.13. The molecule has 0 aliphatic carbocycles. The first-order chi connectivity index (χ1) is 9.93. The Labute approximate surface area is 126 Å². The number of nitrogens with two attached hydrogens (primary N) is 1. The number of rotatable bonds is 9. The predicted molar refractivity (Wildman–Crippen MR) is 83.5 cm³/mol. The summed E-state index contributed by atoms with van der Waals surface area (Å²) in [5.41, 5.74) is 6.29. The van der Waals surface area contributed by atoms with Crippen LogP contribution in [0.2, 0.25) is 0 Å². The van der Waals surface area contributed by atoms with Crippen LogP contribution in [0.25, 0.3) is 0 Å². The molecule has 0 saturated carbocycles. The van der Waals surface area contributed by atoms with E-state index in [0.29, 0.717) is 19.5 Å². The standard InChI is InChI=1S/C15H24N2O3S/c1-21(19,20)14-9-7-13(8-10-14)12-17-15(18)6-4-2-3-5-11-16/h7-10H,2-6,11-12,16H2,1H3,(H,17,18). The van der Waals surface area contributed by atoms with Crippen LogP contribution in [-0.2, 0) is 21.2 Å². The van der Waals surface area contributed by atoms with E-state index in [1.807, 2.05) is 0 Å². The van der Waals surface area contributed by atoms with Gasteiger partial charge in [0.2, 0.25) is 5.91 Å². The first-order valence-electron chi connectivity index (χ1n) is 7.19. The van der Waals surface area contributed by atoms with E-state index >= 15 is 0 Å². The molecule has 6 heteroatoms. The van der Waals surface area contributed by atoms with Gasteiger partial charge in [-0.3, -0.25) is 4.79 Å². The van der Waals surface area contributed by atoms with Crippen molar-refractivity contribution in [1.29, 1.82) is 0 Å². The second kappa shape index (κ2) is 8.79. The van der Waals surface area contributed by atoms with Crippen LogP contribution in [0.3, 0.4) is 0 Å². The molecule has 1 amide bonds. The average Bonchev–Trinajstić information content (AvgIpc) is 2.44. The number of unbranched alkanes of at least 4 members (excludes halogenated alkanes) is 3. The highest BCUT2D eigenvalue weighted by Gasteiger charge is 2.06. The Bertz CT molecular complexity index is 539. The lowest BCUT2D eigenvalue weighted by molar-refractivity contribution is -0.121. The molecule has 1 rings (SSSR count). The van der Waals surface area contributed by atoms with Crippen molar-refractivity contribution in [1.82, 2.24) is 5.32 Å². The molecule has 0 aliphatic heterocycles. The number of carbonyl (C=O) groups excluding carboxylic acids is 1. The van der Waals surface area contributed by atoms with Crippen molar-refractivity contribution >= 4 is 15.7 Å². The Hall–Kier alpha value is -1.40. The van der Waals surface area contributed by atoms with Gasteiger partial charge < -0.3 is 11.1 Å². The first kappa shape index (κ1) is 17.7. The minimum Gasteiger partial charge on any atom is -0.352 e. The zero-order chi connectivity index (χ0) is 15.7. The summed E-state index contributed by atoms with van der Waals surface area (Å²) in [5, 5.41) is 2.83. The van der Waals surface area contributed by atoms with E-state index in [4.69, 9.17) is 5.73 Å². The summed E-state index contributed by atoms with van der Waals surface area (Å²) < 4.78 is 22.7. The number of amides is 1. The van der Waals surface area contributed by atoms with Crippen molar-refractivity contribution in [3.05, 3.63) is 29.8 Å². The van der Waals surface area contributed by atoms with E-state index in [0.717, 1.165) is 31.2 Å². The molecule has 0 bridgehead atoms. The fraction of sp³-hybridized carbons (Fsp3) is 0.533. The van der Waals surface area contributed by atoms with Crippen LogP contribution in [0.5, 0.6) is 0 Å². The molecule has 1 aromatic rings. The maximum absolute atomic E-state index is 11.6. The van der Waals surface area contributed by atoms with Gasteiger partial charge in [-0.25, -0.2) is 8.42 Å². The molecule has 0 unspecified atom stereocenters. The number of sulfone groups is 1. The molecule has 21 heavy (non-hydrogen) atoms. The SMILES string of the molecule is CS(=O)(=O)c1ccc(CNC(=O)CCCCCCN)cc1. The highest BCUT2D eigenvalue weighted by atomic mass is 32.2. The van der Waals surface area contributed by atoms with Gasteiger partial charge in [0, 0.05) is 19.2 Å². The molecule has 1 aromatic carbocycles. The van der Waals surface area contributed by atoms with E-state index in [-0.39, 0.29) is 10.8 Å². The zero-order valence-electron chi connectivity index (χ0n) is 12.5. The molecule has 0 atom stereocenters. The summed E-state index contributed by atoms with van der Waals surface area (Å²) >= 11 is 0. The summed E-state index contributed by atoms with van der Waals surface area (Å²) in [5.74, 6) is 0.0231. The van der Waals surface area contributed by atoms with Crippen LogP contribution in [0.15, 0.2) is 29.2 Å². The smallest absolute Gasteiger partial charge is 0.220 e. The third kappa shape index (κ3) is 7.24. The number of hydrogen-bond acceptors (Lipinski definition) is 4. The van der Waals surface area contributed by atoms with Gasteiger partial charge in [-0.05, 0) is 37.1 Å². The molecule has 0 spiro atoms. The first-order valence-corrected chi connectivity index (χ1v) is 9.08. The molecular weight excluding hydrogens is 288 g/mol. The molecule has 118 valence electrons. The van der Waals surface area contributed by atoms with Crippen LogP contribution in [0, 0.1) is 0 Å². The lowest BCUT2D eigenvalue weighted by Gasteiger charge is -2.06. The monoisotopic (exact) mass is 312 g/mol. The topological polar surface area (TPSA) is 89.3 Å². The maximum atomic E-state index is 11.6. The fourth-order valence-corrected chi connectivity index (χ4v) is 2.56. The number of carbonyl (C=O) groups is 1. The lowest BCUT2D eigenvalue weighted by Crippen LogP contribution is -2.22. The molecule has 0 radical (unpaired) electrons. The quantitative estimate of drug-likeness (QED) is 0.678. The normalized spacial score (nSPS) is 11.3. The minimum absolute atomic E-state index is 0.0231. The number of nitrogens with one attached hydrogen (secondary N) is 1. The Morgan fingerprint density at radius 2 is 1.71 bits per heavy atom. The van der Waals surface area contributed by atoms with Gasteiger partial charge in [-0.2, -0.15) is 0 Å². The fourth-order valence-electron chi connectivity index (χ4n) is 1.93. The largest absolute Gasteiger partial charge is 0.352 e. The van der Waals surface area contributed by atoms with Gasteiger partial charge in [-0.1, -0.05) is 25.0 Å². The van der Waals surface area contributed by atoms with Gasteiger partial charge in [0.15, 0.2) is 9.84 Å². The second-order valence-corrected chi connectivity index (χ2v) is 7.16. The van der Waals surface area contributed by atoms with Crippen molar-refractivity contribution in [2.24, 2.45) is 5.73 Å².